The number of hydrogen-bond donors (Lipinski definition) is 0. The normalized spacial score (nSPS) is 11.5. The molecule has 0 aromatic heterocycles. The van der Waals surface area contributed by atoms with Crippen molar-refractivity contribution in [1.82, 2.24) is 0 Å². The van der Waals surface area contributed by atoms with Crippen LogP contribution in [0.3, 0.4) is 0 Å². The highest BCUT2D eigenvalue weighted by Crippen LogP contribution is 2.35. The topological polar surface area (TPSA) is 87.9 Å². The first-order valence-corrected chi connectivity index (χ1v) is 8.97. The summed E-state index contributed by atoms with van der Waals surface area (Å²) in [5.74, 6) is 1.14. The van der Waals surface area contributed by atoms with Crippen LogP contribution >= 0.6 is 11.8 Å². The standard InChI is InChI=1S/C19H21NO6S/c1-24-14-4-7-16(8-5-14)27-19(21)10-13(12-20(22)23)17-9-6-15(25-2)11-18(17)26-3/h4-9,11,13H,10,12H2,1-3H3/t13-/m0/s1. The lowest BCUT2D eigenvalue weighted by Gasteiger charge is -2.17. The smallest absolute Gasteiger partial charge is 0.211 e. The molecule has 144 valence electrons. The average molecular weight is 391 g/mol. The lowest BCUT2D eigenvalue weighted by atomic mass is 9.95. The number of carbonyl (C=O) groups excluding carboxylic acids is 1. The molecule has 0 radical (unpaired) electrons. The Morgan fingerprint density at radius 1 is 1.04 bits per heavy atom. The molecular weight excluding hydrogens is 370 g/mol. The van der Waals surface area contributed by atoms with E-state index in [1.54, 1.807) is 49.6 Å². The van der Waals surface area contributed by atoms with E-state index in [1.165, 1.54) is 14.2 Å². The zero-order chi connectivity index (χ0) is 19.8. The summed E-state index contributed by atoms with van der Waals surface area (Å²) in [6, 6.07) is 12.1. The minimum Gasteiger partial charge on any atom is -0.497 e. The highest BCUT2D eigenvalue weighted by atomic mass is 32.2. The van der Waals surface area contributed by atoms with Crippen LogP contribution in [-0.2, 0) is 4.79 Å². The van der Waals surface area contributed by atoms with E-state index in [1.807, 2.05) is 0 Å². The fraction of sp³-hybridized carbons (Fsp3) is 0.316. The summed E-state index contributed by atoms with van der Waals surface area (Å²) in [5, 5.41) is 11.0. The Morgan fingerprint density at radius 3 is 2.22 bits per heavy atom. The second kappa shape index (κ2) is 9.82. The van der Waals surface area contributed by atoms with Gasteiger partial charge in [0.05, 0.1) is 27.2 Å². The van der Waals surface area contributed by atoms with E-state index in [9.17, 15) is 14.9 Å². The maximum Gasteiger partial charge on any atom is 0.211 e. The summed E-state index contributed by atoms with van der Waals surface area (Å²) in [4.78, 5) is 24.0. The number of ether oxygens (including phenoxy) is 3. The van der Waals surface area contributed by atoms with E-state index in [2.05, 4.69) is 0 Å². The maximum absolute atomic E-state index is 12.5. The number of hydrogen-bond acceptors (Lipinski definition) is 7. The average Bonchev–Trinajstić information content (AvgIpc) is 2.67. The molecule has 2 aromatic rings. The number of methoxy groups -OCH3 is 3. The number of rotatable bonds is 9. The van der Waals surface area contributed by atoms with Gasteiger partial charge in [0, 0.05) is 27.9 Å². The van der Waals surface area contributed by atoms with Gasteiger partial charge in [-0.3, -0.25) is 14.9 Å². The molecule has 0 amide bonds. The van der Waals surface area contributed by atoms with Gasteiger partial charge in [0.25, 0.3) is 0 Å². The van der Waals surface area contributed by atoms with E-state index >= 15 is 0 Å². The first-order chi connectivity index (χ1) is 13.0. The highest BCUT2D eigenvalue weighted by molar-refractivity contribution is 8.13. The SMILES string of the molecule is COc1ccc(SC(=O)C[C@@H](C[N+](=O)[O-])c2ccc(OC)cc2OC)cc1. The summed E-state index contributed by atoms with van der Waals surface area (Å²) in [6.07, 6.45) is 0.0143. The Labute approximate surface area is 161 Å². The third kappa shape index (κ3) is 5.89. The molecular formula is C19H21NO6S. The van der Waals surface area contributed by atoms with Gasteiger partial charge in [-0.15, -0.1) is 0 Å². The molecule has 7 nitrogen and oxygen atoms in total. The van der Waals surface area contributed by atoms with Crippen molar-refractivity contribution in [1.29, 1.82) is 0 Å². The fourth-order valence-corrected chi connectivity index (χ4v) is 3.45. The first kappa shape index (κ1) is 20.6. The molecule has 27 heavy (non-hydrogen) atoms. The van der Waals surface area contributed by atoms with Gasteiger partial charge in [-0.05, 0) is 30.3 Å². The molecule has 0 aliphatic rings. The lowest BCUT2D eigenvalue weighted by Crippen LogP contribution is -2.16. The predicted molar refractivity (Wildman–Crippen MR) is 103 cm³/mol. The van der Waals surface area contributed by atoms with Gasteiger partial charge < -0.3 is 14.2 Å². The summed E-state index contributed by atoms with van der Waals surface area (Å²) in [6.45, 7) is -0.363. The van der Waals surface area contributed by atoms with Crippen molar-refractivity contribution in [3.63, 3.8) is 0 Å². The van der Waals surface area contributed by atoms with Crippen molar-refractivity contribution >= 4 is 16.9 Å². The number of nitrogens with zero attached hydrogens (tertiary/aromatic N) is 1. The number of benzene rings is 2. The highest BCUT2D eigenvalue weighted by Gasteiger charge is 2.25. The third-order valence-electron chi connectivity index (χ3n) is 3.95. The second-order valence-corrected chi connectivity index (χ2v) is 6.80. The van der Waals surface area contributed by atoms with Gasteiger partial charge in [-0.2, -0.15) is 0 Å². The van der Waals surface area contributed by atoms with Crippen LogP contribution in [0.25, 0.3) is 0 Å². The molecule has 0 saturated carbocycles. The van der Waals surface area contributed by atoms with Crippen LogP contribution in [0.2, 0.25) is 0 Å². The molecule has 2 rings (SSSR count). The van der Waals surface area contributed by atoms with Crippen molar-refractivity contribution < 1.29 is 23.9 Å². The molecule has 0 heterocycles. The number of thioether (sulfide) groups is 1. The lowest BCUT2D eigenvalue weighted by molar-refractivity contribution is -0.483. The Hall–Kier alpha value is -2.74. The van der Waals surface area contributed by atoms with Crippen molar-refractivity contribution in [2.45, 2.75) is 17.2 Å². The quantitative estimate of drug-likeness (QED) is 0.365. The summed E-state index contributed by atoms with van der Waals surface area (Å²) >= 11 is 1.05. The Kier molecular flexibility index (Phi) is 7.48. The van der Waals surface area contributed by atoms with Crippen molar-refractivity contribution in [2.24, 2.45) is 0 Å². The molecule has 0 N–H and O–H groups in total. The van der Waals surface area contributed by atoms with Crippen LogP contribution in [0.5, 0.6) is 17.2 Å². The summed E-state index contributed by atoms with van der Waals surface area (Å²) < 4.78 is 15.6. The van der Waals surface area contributed by atoms with E-state index in [4.69, 9.17) is 14.2 Å². The molecule has 2 aromatic carbocycles. The largest absolute Gasteiger partial charge is 0.497 e. The minimum atomic E-state index is -0.598. The van der Waals surface area contributed by atoms with Crippen molar-refractivity contribution in [3.8, 4) is 17.2 Å². The molecule has 8 heteroatoms. The van der Waals surface area contributed by atoms with Crippen molar-refractivity contribution in [3.05, 3.63) is 58.1 Å². The van der Waals surface area contributed by atoms with Crippen LogP contribution in [0.15, 0.2) is 47.4 Å². The maximum atomic E-state index is 12.5. The predicted octanol–water partition coefficient (Wildman–Crippen LogP) is 3.78. The Morgan fingerprint density at radius 2 is 1.67 bits per heavy atom. The number of carbonyl (C=O) groups is 1. The van der Waals surface area contributed by atoms with Crippen LogP contribution in [0.1, 0.15) is 17.9 Å². The Balaban J connectivity index is 2.18. The van der Waals surface area contributed by atoms with Crippen LogP contribution in [-0.4, -0.2) is 37.9 Å². The van der Waals surface area contributed by atoms with Gasteiger partial charge in [0.2, 0.25) is 6.54 Å². The van der Waals surface area contributed by atoms with Gasteiger partial charge in [0.15, 0.2) is 5.12 Å². The fourth-order valence-electron chi connectivity index (χ4n) is 2.63. The molecule has 1 atom stereocenters. The van der Waals surface area contributed by atoms with Gasteiger partial charge in [-0.1, -0.05) is 17.8 Å². The summed E-state index contributed by atoms with van der Waals surface area (Å²) in [5.41, 5.74) is 0.610. The molecule has 0 spiro atoms. The van der Waals surface area contributed by atoms with E-state index in [-0.39, 0.29) is 18.1 Å². The van der Waals surface area contributed by atoms with Gasteiger partial charge in [0.1, 0.15) is 17.2 Å². The second-order valence-electron chi connectivity index (χ2n) is 5.67. The molecule has 0 unspecified atom stereocenters. The first-order valence-electron chi connectivity index (χ1n) is 8.15. The molecule has 0 aliphatic carbocycles. The van der Waals surface area contributed by atoms with Gasteiger partial charge in [-0.25, -0.2) is 0 Å². The molecule has 0 aliphatic heterocycles. The van der Waals surface area contributed by atoms with Crippen molar-refractivity contribution in [2.75, 3.05) is 27.9 Å². The zero-order valence-electron chi connectivity index (χ0n) is 15.3. The Bertz CT molecular complexity index is 793. The summed E-state index contributed by atoms with van der Waals surface area (Å²) in [7, 11) is 4.57. The number of nitro groups is 1. The molecule has 0 saturated heterocycles. The monoisotopic (exact) mass is 391 g/mol. The van der Waals surface area contributed by atoms with Gasteiger partial charge >= 0.3 is 0 Å². The van der Waals surface area contributed by atoms with Crippen LogP contribution < -0.4 is 14.2 Å². The van der Waals surface area contributed by atoms with Crippen LogP contribution in [0.4, 0.5) is 0 Å². The van der Waals surface area contributed by atoms with E-state index in [0.717, 1.165) is 16.7 Å². The molecule has 0 bridgehead atoms. The van der Waals surface area contributed by atoms with E-state index in [0.29, 0.717) is 22.8 Å². The zero-order valence-corrected chi connectivity index (χ0v) is 16.2. The molecule has 0 fully saturated rings. The van der Waals surface area contributed by atoms with Crippen LogP contribution in [0, 0.1) is 10.1 Å². The minimum absolute atomic E-state index is 0.0143. The van der Waals surface area contributed by atoms with E-state index < -0.39 is 10.8 Å². The third-order valence-corrected chi connectivity index (χ3v) is 4.86.